The summed E-state index contributed by atoms with van der Waals surface area (Å²) >= 11 is 0. The molecule has 0 radical (unpaired) electrons. The number of ether oxygens (including phenoxy) is 1. The van der Waals surface area contributed by atoms with Gasteiger partial charge < -0.3 is 19.6 Å². The summed E-state index contributed by atoms with van der Waals surface area (Å²) in [4.78, 5) is 17.2. The lowest BCUT2D eigenvalue weighted by molar-refractivity contribution is 0.0388. The number of aliphatic hydroxyl groups excluding tert-OH is 1. The van der Waals surface area contributed by atoms with Crippen LogP contribution in [0.5, 0.6) is 5.75 Å². The Morgan fingerprint density at radius 3 is 2.38 bits per heavy atom. The Hall–Kier alpha value is -2.62. The summed E-state index contributed by atoms with van der Waals surface area (Å²) in [6, 6.07) is 11.7. The second-order valence-corrected chi connectivity index (χ2v) is 11.3. The van der Waals surface area contributed by atoms with Gasteiger partial charge in [-0.05, 0) is 38.1 Å². The number of rotatable bonds is 7. The lowest BCUT2D eigenvalue weighted by Crippen LogP contribution is -2.50. The number of carbonyl (C=O) groups excluding carboxylic acids is 1. The fourth-order valence-corrected chi connectivity index (χ4v) is 5.22. The number of likely N-dealkylation sites (N-methyl/N-ethyl adjacent to an activating group) is 1. The zero-order chi connectivity index (χ0) is 25.2. The largest absolute Gasteiger partial charge is 0.486 e. The van der Waals surface area contributed by atoms with E-state index in [-0.39, 0.29) is 29.9 Å². The van der Waals surface area contributed by atoms with Crippen molar-refractivity contribution in [3.63, 3.8) is 0 Å². The van der Waals surface area contributed by atoms with Crippen LogP contribution in [0.15, 0.2) is 47.4 Å². The van der Waals surface area contributed by atoms with E-state index in [0.29, 0.717) is 17.9 Å². The molecule has 0 aliphatic carbocycles. The first-order valence-electron chi connectivity index (χ1n) is 11.4. The Labute approximate surface area is 202 Å². The van der Waals surface area contributed by atoms with E-state index < -0.39 is 22.2 Å². The molecule has 1 amide bonds. The molecule has 0 spiro atoms. The molecule has 186 valence electrons. The van der Waals surface area contributed by atoms with Crippen molar-refractivity contribution in [2.24, 2.45) is 5.92 Å². The van der Waals surface area contributed by atoms with Gasteiger partial charge in [-0.25, -0.2) is 8.42 Å². The number of benzene rings is 2. The second kappa shape index (κ2) is 10.3. The van der Waals surface area contributed by atoms with Gasteiger partial charge in [0, 0.05) is 33.6 Å². The van der Waals surface area contributed by atoms with Crippen LogP contribution in [0.25, 0.3) is 0 Å². The molecular weight excluding hydrogens is 454 g/mol. The summed E-state index contributed by atoms with van der Waals surface area (Å²) in [5.41, 5.74) is 2.10. The molecular formula is C25H35N3O5S. The smallest absolute Gasteiger partial charge is 0.258 e. The summed E-state index contributed by atoms with van der Waals surface area (Å²) in [7, 11) is 1.55. The maximum atomic E-state index is 13.4. The van der Waals surface area contributed by atoms with E-state index in [1.807, 2.05) is 38.9 Å². The van der Waals surface area contributed by atoms with Gasteiger partial charge in [0.2, 0.25) is 10.0 Å². The molecule has 1 N–H and O–H groups in total. The van der Waals surface area contributed by atoms with Crippen LogP contribution in [0.4, 0.5) is 5.69 Å². The van der Waals surface area contributed by atoms with Gasteiger partial charge in [-0.3, -0.25) is 4.79 Å². The van der Waals surface area contributed by atoms with Crippen molar-refractivity contribution in [1.29, 1.82) is 0 Å². The Balaban J connectivity index is 2.01. The molecule has 1 heterocycles. The summed E-state index contributed by atoms with van der Waals surface area (Å²) in [6.45, 7) is 5.90. The maximum absolute atomic E-state index is 13.4. The highest BCUT2D eigenvalue weighted by molar-refractivity contribution is 7.89. The van der Waals surface area contributed by atoms with Gasteiger partial charge in [0.15, 0.2) is 5.75 Å². The SMILES string of the molecule is Cc1ccc(S(=O)(=O)N(C)C[C@@H]2Oc3c(cccc3N(C)C)C(=O)N([C@H](C)CO)C[C@H]2C)cc1. The molecule has 3 atom stereocenters. The molecule has 2 aromatic rings. The number of carbonyl (C=O) groups is 1. The molecule has 1 aliphatic rings. The minimum absolute atomic E-state index is 0.105. The standard InChI is InChI=1S/C25H35N3O5S/c1-17-10-12-20(13-11-17)34(31,32)27(6)15-23-18(2)14-28(19(3)16-29)25(30)21-8-7-9-22(26(4)5)24(21)33-23/h7-13,18-19,23,29H,14-16H2,1-6H3/t18-,19-,23+/m1/s1. The molecule has 34 heavy (non-hydrogen) atoms. The van der Waals surface area contributed by atoms with Gasteiger partial charge in [-0.15, -0.1) is 0 Å². The normalized spacial score (nSPS) is 19.8. The molecule has 2 aromatic carbocycles. The van der Waals surface area contributed by atoms with Crippen molar-refractivity contribution in [3.8, 4) is 5.75 Å². The van der Waals surface area contributed by atoms with E-state index in [1.165, 1.54) is 4.31 Å². The summed E-state index contributed by atoms with van der Waals surface area (Å²) in [6.07, 6.45) is -0.522. The van der Waals surface area contributed by atoms with Crippen molar-refractivity contribution in [1.82, 2.24) is 9.21 Å². The molecule has 0 saturated carbocycles. The van der Waals surface area contributed by atoms with Gasteiger partial charge in [0.1, 0.15) is 6.10 Å². The first-order valence-corrected chi connectivity index (χ1v) is 12.8. The summed E-state index contributed by atoms with van der Waals surface area (Å²) in [5, 5.41) is 9.79. The molecule has 0 fully saturated rings. The fraction of sp³-hybridized carbons (Fsp3) is 0.480. The molecule has 3 rings (SSSR count). The van der Waals surface area contributed by atoms with E-state index in [2.05, 4.69) is 0 Å². The monoisotopic (exact) mass is 489 g/mol. The number of para-hydroxylation sites is 1. The average molecular weight is 490 g/mol. The van der Waals surface area contributed by atoms with E-state index in [1.54, 1.807) is 55.3 Å². The number of hydrogen-bond acceptors (Lipinski definition) is 6. The van der Waals surface area contributed by atoms with Gasteiger partial charge >= 0.3 is 0 Å². The highest BCUT2D eigenvalue weighted by Gasteiger charge is 2.36. The van der Waals surface area contributed by atoms with Crippen LogP contribution in [0.1, 0.15) is 29.8 Å². The Kier molecular flexibility index (Phi) is 7.90. The van der Waals surface area contributed by atoms with E-state index in [9.17, 15) is 18.3 Å². The third kappa shape index (κ3) is 5.21. The minimum Gasteiger partial charge on any atom is -0.486 e. The highest BCUT2D eigenvalue weighted by atomic mass is 32.2. The maximum Gasteiger partial charge on any atom is 0.258 e. The van der Waals surface area contributed by atoms with Crippen molar-refractivity contribution >= 4 is 21.6 Å². The summed E-state index contributed by atoms with van der Waals surface area (Å²) in [5.74, 6) is 0.00786. The van der Waals surface area contributed by atoms with Crippen LogP contribution in [0.3, 0.4) is 0 Å². The molecule has 8 nitrogen and oxygen atoms in total. The molecule has 9 heteroatoms. The van der Waals surface area contributed by atoms with Gasteiger partial charge in [-0.1, -0.05) is 30.7 Å². The van der Waals surface area contributed by atoms with E-state index in [0.717, 1.165) is 11.3 Å². The van der Waals surface area contributed by atoms with E-state index >= 15 is 0 Å². The van der Waals surface area contributed by atoms with Crippen LogP contribution in [-0.4, -0.2) is 81.6 Å². The predicted octanol–water partition coefficient (Wildman–Crippen LogP) is 2.60. The van der Waals surface area contributed by atoms with Gasteiger partial charge in [-0.2, -0.15) is 4.31 Å². The van der Waals surface area contributed by atoms with Crippen LogP contribution in [0, 0.1) is 12.8 Å². The molecule has 0 unspecified atom stereocenters. The number of nitrogens with zero attached hydrogens (tertiary/aromatic N) is 3. The van der Waals surface area contributed by atoms with Crippen molar-refractivity contribution in [3.05, 3.63) is 53.6 Å². The van der Waals surface area contributed by atoms with Crippen LogP contribution in [0.2, 0.25) is 0 Å². The highest BCUT2D eigenvalue weighted by Crippen LogP contribution is 2.36. The van der Waals surface area contributed by atoms with Crippen molar-refractivity contribution in [2.75, 3.05) is 45.7 Å². The summed E-state index contributed by atoms with van der Waals surface area (Å²) < 4.78 is 34.2. The number of amides is 1. The third-order valence-electron chi connectivity index (χ3n) is 6.32. The molecule has 0 aromatic heterocycles. The molecule has 0 bridgehead atoms. The molecule has 1 aliphatic heterocycles. The first-order chi connectivity index (χ1) is 16.0. The van der Waals surface area contributed by atoms with Crippen molar-refractivity contribution < 1.29 is 23.1 Å². The third-order valence-corrected chi connectivity index (χ3v) is 8.16. The Morgan fingerprint density at radius 1 is 1.15 bits per heavy atom. The Bertz CT molecular complexity index is 1120. The number of aliphatic hydroxyl groups is 1. The zero-order valence-electron chi connectivity index (χ0n) is 20.7. The number of hydrogen-bond donors (Lipinski definition) is 1. The number of sulfonamides is 1. The van der Waals surface area contributed by atoms with Gasteiger partial charge in [0.05, 0.1) is 35.3 Å². The quantitative estimate of drug-likeness (QED) is 0.643. The zero-order valence-corrected chi connectivity index (χ0v) is 21.5. The van der Waals surface area contributed by atoms with Crippen LogP contribution < -0.4 is 9.64 Å². The Morgan fingerprint density at radius 2 is 1.79 bits per heavy atom. The van der Waals surface area contributed by atoms with Crippen LogP contribution >= 0.6 is 0 Å². The predicted molar refractivity (Wildman–Crippen MR) is 133 cm³/mol. The lowest BCUT2D eigenvalue weighted by atomic mass is 9.99. The average Bonchev–Trinajstić information content (AvgIpc) is 2.80. The topological polar surface area (TPSA) is 90.4 Å². The van der Waals surface area contributed by atoms with Crippen LogP contribution in [-0.2, 0) is 10.0 Å². The number of aryl methyl sites for hydroxylation is 1. The molecule has 0 saturated heterocycles. The minimum atomic E-state index is -3.73. The second-order valence-electron chi connectivity index (χ2n) is 9.27. The van der Waals surface area contributed by atoms with Gasteiger partial charge in [0.25, 0.3) is 5.91 Å². The number of fused-ring (bicyclic) bond motifs is 1. The fourth-order valence-electron chi connectivity index (χ4n) is 4.04. The number of anilines is 1. The lowest BCUT2D eigenvalue weighted by Gasteiger charge is -2.38. The van der Waals surface area contributed by atoms with E-state index in [4.69, 9.17) is 4.74 Å². The van der Waals surface area contributed by atoms with Crippen molar-refractivity contribution in [2.45, 2.75) is 37.8 Å². The first kappa shape index (κ1) is 26.0.